The summed E-state index contributed by atoms with van der Waals surface area (Å²) < 4.78 is 0.940. The van der Waals surface area contributed by atoms with Gasteiger partial charge in [-0.2, -0.15) is 11.8 Å². The van der Waals surface area contributed by atoms with Crippen LogP contribution in [0.2, 0.25) is 0 Å². The van der Waals surface area contributed by atoms with E-state index in [9.17, 15) is 4.79 Å². The van der Waals surface area contributed by atoms with Crippen molar-refractivity contribution >= 4 is 33.6 Å². The molecule has 1 aromatic rings. The molecule has 0 aromatic heterocycles. The third-order valence-electron chi connectivity index (χ3n) is 2.10. The maximum atomic E-state index is 11.9. The minimum atomic E-state index is -0.00838. The summed E-state index contributed by atoms with van der Waals surface area (Å²) in [5.41, 5.74) is 1.79. The van der Waals surface area contributed by atoms with Crippen LogP contribution < -0.4 is 5.32 Å². The number of carbonyl (C=O) groups is 1. The van der Waals surface area contributed by atoms with E-state index >= 15 is 0 Å². The van der Waals surface area contributed by atoms with Gasteiger partial charge in [-0.25, -0.2) is 0 Å². The Kier molecular flexibility index (Phi) is 5.35. The molecule has 1 N–H and O–H groups in total. The van der Waals surface area contributed by atoms with Gasteiger partial charge in [-0.15, -0.1) is 0 Å². The molecule has 1 rings (SSSR count). The second kappa shape index (κ2) is 6.30. The Hall–Kier alpha value is -0.480. The first kappa shape index (κ1) is 13.6. The summed E-state index contributed by atoms with van der Waals surface area (Å²) in [6.45, 7) is 3.99. The molecular formula is C12H16BrNOS. The van der Waals surface area contributed by atoms with Gasteiger partial charge >= 0.3 is 0 Å². The first-order valence-electron chi connectivity index (χ1n) is 5.10. The second-order valence-corrected chi connectivity index (χ2v) is 5.67. The maximum Gasteiger partial charge on any atom is 0.251 e. The molecule has 1 unspecified atom stereocenters. The van der Waals surface area contributed by atoms with E-state index in [1.165, 1.54) is 0 Å². The third-order valence-corrected chi connectivity index (χ3v) is 3.39. The predicted molar refractivity (Wildman–Crippen MR) is 74.2 cm³/mol. The van der Waals surface area contributed by atoms with E-state index in [-0.39, 0.29) is 11.9 Å². The van der Waals surface area contributed by atoms with E-state index in [0.29, 0.717) is 5.56 Å². The van der Waals surface area contributed by atoms with E-state index in [1.54, 1.807) is 11.8 Å². The Bertz CT molecular complexity index is 361. The van der Waals surface area contributed by atoms with Crippen molar-refractivity contribution in [3.63, 3.8) is 0 Å². The third kappa shape index (κ3) is 4.18. The van der Waals surface area contributed by atoms with Crippen molar-refractivity contribution in [3.05, 3.63) is 33.8 Å². The van der Waals surface area contributed by atoms with E-state index in [4.69, 9.17) is 0 Å². The maximum absolute atomic E-state index is 11.9. The molecule has 0 fully saturated rings. The van der Waals surface area contributed by atoms with Crippen molar-refractivity contribution in [2.45, 2.75) is 19.9 Å². The molecule has 0 aliphatic heterocycles. The molecule has 0 aliphatic rings. The van der Waals surface area contributed by atoms with Gasteiger partial charge in [0.25, 0.3) is 5.91 Å². The summed E-state index contributed by atoms with van der Waals surface area (Å²) in [5.74, 6) is 0.921. The van der Waals surface area contributed by atoms with Gasteiger partial charge in [0.15, 0.2) is 0 Å². The lowest BCUT2D eigenvalue weighted by molar-refractivity contribution is 0.0943. The highest BCUT2D eigenvalue weighted by Crippen LogP contribution is 2.15. The van der Waals surface area contributed by atoms with Crippen LogP contribution in [0.25, 0.3) is 0 Å². The zero-order valence-electron chi connectivity index (χ0n) is 9.71. The molecule has 0 aliphatic carbocycles. The monoisotopic (exact) mass is 301 g/mol. The van der Waals surface area contributed by atoms with Crippen LogP contribution in [-0.4, -0.2) is 24.0 Å². The first-order chi connectivity index (χ1) is 7.52. The van der Waals surface area contributed by atoms with Crippen LogP contribution in [-0.2, 0) is 0 Å². The molecule has 0 heterocycles. The Labute approximate surface area is 109 Å². The lowest BCUT2D eigenvalue weighted by Gasteiger charge is -2.12. The fraction of sp³-hybridized carbons (Fsp3) is 0.417. The highest BCUT2D eigenvalue weighted by atomic mass is 79.9. The smallest absolute Gasteiger partial charge is 0.251 e. The van der Waals surface area contributed by atoms with Crippen molar-refractivity contribution in [2.24, 2.45) is 0 Å². The SMILES string of the molecule is CSCC(C)NC(=O)c1cc(C)cc(Br)c1. The van der Waals surface area contributed by atoms with Gasteiger partial charge in [0, 0.05) is 21.8 Å². The Balaban J connectivity index is 2.72. The molecule has 0 radical (unpaired) electrons. The van der Waals surface area contributed by atoms with Gasteiger partial charge in [0.2, 0.25) is 0 Å². The van der Waals surface area contributed by atoms with Gasteiger partial charge in [-0.1, -0.05) is 15.9 Å². The number of carbonyl (C=O) groups excluding carboxylic acids is 1. The second-order valence-electron chi connectivity index (χ2n) is 3.85. The molecular weight excluding hydrogens is 286 g/mol. The largest absolute Gasteiger partial charge is 0.349 e. The Morgan fingerprint density at radius 3 is 2.75 bits per heavy atom. The normalized spacial score (nSPS) is 12.2. The average Bonchev–Trinajstić information content (AvgIpc) is 2.16. The summed E-state index contributed by atoms with van der Waals surface area (Å²) in [7, 11) is 0. The van der Waals surface area contributed by atoms with Crippen LogP contribution in [0.15, 0.2) is 22.7 Å². The van der Waals surface area contributed by atoms with Gasteiger partial charge in [0.05, 0.1) is 0 Å². The molecule has 2 nitrogen and oxygen atoms in total. The summed E-state index contributed by atoms with van der Waals surface area (Å²) in [5, 5.41) is 2.97. The van der Waals surface area contributed by atoms with Crippen LogP contribution in [0.4, 0.5) is 0 Å². The van der Waals surface area contributed by atoms with Crippen molar-refractivity contribution in [1.29, 1.82) is 0 Å². The van der Waals surface area contributed by atoms with E-state index < -0.39 is 0 Å². The molecule has 1 atom stereocenters. The van der Waals surface area contributed by atoms with Crippen molar-refractivity contribution in [1.82, 2.24) is 5.32 Å². The number of hydrogen-bond acceptors (Lipinski definition) is 2. The molecule has 88 valence electrons. The van der Waals surface area contributed by atoms with Gasteiger partial charge in [0.1, 0.15) is 0 Å². The zero-order valence-corrected chi connectivity index (χ0v) is 12.1. The number of aryl methyl sites for hydroxylation is 1. The van der Waals surface area contributed by atoms with Gasteiger partial charge in [-0.05, 0) is 43.9 Å². The number of halogens is 1. The molecule has 4 heteroatoms. The highest BCUT2D eigenvalue weighted by molar-refractivity contribution is 9.10. The lowest BCUT2D eigenvalue weighted by atomic mass is 10.1. The highest BCUT2D eigenvalue weighted by Gasteiger charge is 2.10. The fourth-order valence-electron chi connectivity index (χ4n) is 1.47. The van der Waals surface area contributed by atoms with E-state index in [0.717, 1.165) is 15.8 Å². The molecule has 0 spiro atoms. The summed E-state index contributed by atoms with van der Waals surface area (Å²) in [6.07, 6.45) is 2.03. The standard InChI is InChI=1S/C12H16BrNOS/c1-8-4-10(6-11(13)5-8)12(15)14-9(2)7-16-3/h4-6,9H,7H2,1-3H3,(H,14,15). The van der Waals surface area contributed by atoms with E-state index in [1.807, 2.05) is 38.3 Å². The molecule has 0 bridgehead atoms. The Morgan fingerprint density at radius 1 is 1.50 bits per heavy atom. The number of hydrogen-bond donors (Lipinski definition) is 1. The summed E-state index contributed by atoms with van der Waals surface area (Å²) in [4.78, 5) is 11.9. The summed E-state index contributed by atoms with van der Waals surface area (Å²) >= 11 is 5.12. The van der Waals surface area contributed by atoms with Gasteiger partial charge in [-0.3, -0.25) is 4.79 Å². The minimum Gasteiger partial charge on any atom is -0.349 e. The topological polar surface area (TPSA) is 29.1 Å². The van der Waals surface area contributed by atoms with Crippen molar-refractivity contribution in [3.8, 4) is 0 Å². The van der Waals surface area contributed by atoms with Crippen molar-refractivity contribution in [2.75, 3.05) is 12.0 Å². The molecule has 0 saturated heterocycles. The average molecular weight is 302 g/mol. The molecule has 0 saturated carbocycles. The number of rotatable bonds is 4. The van der Waals surface area contributed by atoms with Crippen LogP contribution in [0, 0.1) is 6.92 Å². The quantitative estimate of drug-likeness (QED) is 0.925. The zero-order chi connectivity index (χ0) is 12.1. The Morgan fingerprint density at radius 2 is 2.19 bits per heavy atom. The summed E-state index contributed by atoms with van der Waals surface area (Å²) in [6, 6.07) is 5.92. The lowest BCUT2D eigenvalue weighted by Crippen LogP contribution is -2.34. The van der Waals surface area contributed by atoms with Crippen molar-refractivity contribution < 1.29 is 4.79 Å². The van der Waals surface area contributed by atoms with Crippen LogP contribution in [0.3, 0.4) is 0 Å². The fourth-order valence-corrected chi connectivity index (χ4v) is 2.66. The van der Waals surface area contributed by atoms with E-state index in [2.05, 4.69) is 21.2 Å². The predicted octanol–water partition coefficient (Wildman–Crippen LogP) is 3.24. The van der Waals surface area contributed by atoms with Gasteiger partial charge < -0.3 is 5.32 Å². The first-order valence-corrected chi connectivity index (χ1v) is 7.28. The number of benzene rings is 1. The number of thioether (sulfide) groups is 1. The minimum absolute atomic E-state index is 0.00838. The van der Waals surface area contributed by atoms with Crippen LogP contribution in [0.5, 0.6) is 0 Å². The molecule has 16 heavy (non-hydrogen) atoms. The van der Waals surface area contributed by atoms with Crippen LogP contribution >= 0.6 is 27.7 Å². The van der Waals surface area contributed by atoms with Crippen LogP contribution in [0.1, 0.15) is 22.8 Å². The molecule has 1 amide bonds. The number of amides is 1. The number of nitrogens with one attached hydrogen (secondary N) is 1. The molecule has 1 aromatic carbocycles.